The van der Waals surface area contributed by atoms with Crippen LogP contribution in [0.2, 0.25) is 0 Å². The molecule has 0 spiro atoms. The molecule has 0 radical (unpaired) electrons. The zero-order chi connectivity index (χ0) is 18.7. The van der Waals surface area contributed by atoms with Gasteiger partial charge in [-0.15, -0.1) is 6.58 Å². The third-order valence-electron chi connectivity index (χ3n) is 4.32. The molecule has 0 atom stereocenters. The first-order valence-electron chi connectivity index (χ1n) is 8.04. The summed E-state index contributed by atoms with van der Waals surface area (Å²) in [5.41, 5.74) is 4.51. The van der Waals surface area contributed by atoms with E-state index in [-0.39, 0.29) is 17.1 Å². The third-order valence-corrected chi connectivity index (χ3v) is 4.32. The van der Waals surface area contributed by atoms with Gasteiger partial charge in [0.25, 0.3) is 0 Å². The number of hydrogen-bond acceptors (Lipinski definition) is 3. The lowest BCUT2D eigenvalue weighted by molar-refractivity contribution is 0.103. The van der Waals surface area contributed by atoms with Gasteiger partial charge in [0.2, 0.25) is 5.78 Å². The Hall–Kier alpha value is -3.06. The van der Waals surface area contributed by atoms with Crippen molar-refractivity contribution in [2.24, 2.45) is 0 Å². The fraction of sp³-hybridized carbons (Fsp3) is 0.238. The molecule has 0 unspecified atom stereocenters. The summed E-state index contributed by atoms with van der Waals surface area (Å²) in [5, 5.41) is 19.3. The summed E-state index contributed by atoms with van der Waals surface area (Å²) in [6, 6.07) is 7.33. The minimum absolute atomic E-state index is 0.0725. The fourth-order valence-corrected chi connectivity index (χ4v) is 2.97. The SMILES string of the molecule is C=CCn1c(C)cc(C(=O)/C(C#N)=C\c2cc(C)c(O)c(C)c2)c1C. The maximum absolute atomic E-state index is 12.8. The van der Waals surface area contributed by atoms with Crippen molar-refractivity contribution in [2.45, 2.75) is 34.2 Å². The molecule has 2 aromatic rings. The summed E-state index contributed by atoms with van der Waals surface area (Å²) in [4.78, 5) is 12.8. The zero-order valence-electron chi connectivity index (χ0n) is 15.1. The first kappa shape index (κ1) is 18.3. The van der Waals surface area contributed by atoms with E-state index in [9.17, 15) is 15.2 Å². The van der Waals surface area contributed by atoms with Gasteiger partial charge in [0.15, 0.2) is 0 Å². The Kier molecular flexibility index (Phi) is 5.29. The van der Waals surface area contributed by atoms with Crippen LogP contribution in [0.5, 0.6) is 5.75 Å². The summed E-state index contributed by atoms with van der Waals surface area (Å²) in [7, 11) is 0. The number of nitrogens with zero attached hydrogens (tertiary/aromatic N) is 2. The molecule has 0 bridgehead atoms. The van der Waals surface area contributed by atoms with Crippen LogP contribution in [0.25, 0.3) is 6.08 Å². The molecule has 4 heteroatoms. The number of phenols is 1. The zero-order valence-corrected chi connectivity index (χ0v) is 15.1. The van der Waals surface area contributed by atoms with E-state index in [1.807, 2.05) is 24.5 Å². The summed E-state index contributed by atoms with van der Waals surface area (Å²) >= 11 is 0. The minimum atomic E-state index is -0.297. The van der Waals surface area contributed by atoms with Crippen LogP contribution in [0.3, 0.4) is 0 Å². The average Bonchev–Trinajstić information content (AvgIpc) is 2.85. The molecule has 25 heavy (non-hydrogen) atoms. The Morgan fingerprint density at radius 3 is 2.36 bits per heavy atom. The van der Waals surface area contributed by atoms with Crippen molar-refractivity contribution >= 4 is 11.9 Å². The van der Waals surface area contributed by atoms with E-state index in [1.54, 1.807) is 44.2 Å². The van der Waals surface area contributed by atoms with E-state index < -0.39 is 0 Å². The van der Waals surface area contributed by atoms with E-state index >= 15 is 0 Å². The summed E-state index contributed by atoms with van der Waals surface area (Å²) < 4.78 is 1.99. The van der Waals surface area contributed by atoms with E-state index in [0.717, 1.165) is 17.0 Å². The number of hydrogen-bond donors (Lipinski definition) is 1. The van der Waals surface area contributed by atoms with Crippen LogP contribution < -0.4 is 0 Å². The first-order valence-corrected chi connectivity index (χ1v) is 8.04. The van der Waals surface area contributed by atoms with Crippen molar-refractivity contribution in [1.29, 1.82) is 5.26 Å². The Balaban J connectivity index is 2.48. The van der Waals surface area contributed by atoms with Gasteiger partial charge in [0.1, 0.15) is 17.4 Å². The van der Waals surface area contributed by atoms with Crippen LogP contribution in [-0.2, 0) is 6.54 Å². The van der Waals surface area contributed by atoms with E-state index in [1.165, 1.54) is 0 Å². The second kappa shape index (κ2) is 7.23. The van der Waals surface area contributed by atoms with E-state index in [4.69, 9.17) is 0 Å². The summed E-state index contributed by atoms with van der Waals surface area (Å²) in [6.45, 7) is 11.7. The first-order chi connectivity index (χ1) is 11.8. The number of phenolic OH excluding ortho intramolecular Hbond substituents is 1. The lowest BCUT2D eigenvalue weighted by Gasteiger charge is -2.07. The molecule has 1 aromatic carbocycles. The van der Waals surface area contributed by atoms with Crippen LogP contribution in [0.15, 0.2) is 36.4 Å². The molecule has 1 N–H and O–H groups in total. The van der Waals surface area contributed by atoms with Crippen molar-refractivity contribution in [2.75, 3.05) is 0 Å². The van der Waals surface area contributed by atoms with E-state index in [2.05, 4.69) is 6.58 Å². The standard InChI is InChI=1S/C21H22N2O2/c1-6-7-23-15(4)10-19(16(23)5)21(25)18(12-22)11-17-8-13(2)20(24)14(3)9-17/h6,8-11,24H,1,7H2,2-5H3/b18-11-. The highest BCUT2D eigenvalue weighted by Gasteiger charge is 2.19. The molecular weight excluding hydrogens is 312 g/mol. The van der Waals surface area contributed by atoms with Gasteiger partial charge in [0.05, 0.1) is 0 Å². The molecule has 1 aromatic heterocycles. The van der Waals surface area contributed by atoms with Crippen LogP contribution in [0, 0.1) is 39.0 Å². The Morgan fingerprint density at radius 2 is 1.84 bits per heavy atom. The number of ketones is 1. The molecule has 0 fully saturated rings. The second-order valence-corrected chi connectivity index (χ2v) is 6.19. The molecule has 4 nitrogen and oxygen atoms in total. The average molecular weight is 334 g/mol. The van der Waals surface area contributed by atoms with Gasteiger partial charge in [-0.2, -0.15) is 5.26 Å². The van der Waals surface area contributed by atoms with Gasteiger partial charge in [-0.05, 0) is 68.7 Å². The van der Waals surface area contributed by atoms with E-state index in [0.29, 0.717) is 23.2 Å². The molecular formula is C21H22N2O2. The van der Waals surface area contributed by atoms with Crippen LogP contribution in [0.1, 0.15) is 38.4 Å². The lowest BCUT2D eigenvalue weighted by Crippen LogP contribution is -2.05. The van der Waals surface area contributed by atoms with Gasteiger partial charge >= 0.3 is 0 Å². The quantitative estimate of drug-likeness (QED) is 0.381. The topological polar surface area (TPSA) is 66.0 Å². The number of rotatable bonds is 5. The molecule has 0 aliphatic heterocycles. The van der Waals surface area contributed by atoms with Crippen LogP contribution in [0.4, 0.5) is 0 Å². The predicted octanol–water partition coefficient (Wildman–Crippen LogP) is 4.40. The molecule has 0 aliphatic carbocycles. The highest BCUT2D eigenvalue weighted by Crippen LogP contribution is 2.25. The normalized spacial score (nSPS) is 11.2. The number of carbonyl (C=O) groups excluding carboxylic acids is 1. The number of aryl methyl sites for hydroxylation is 3. The summed E-state index contributed by atoms with van der Waals surface area (Å²) in [6.07, 6.45) is 3.35. The molecule has 0 amide bonds. The number of carbonyl (C=O) groups is 1. The number of allylic oxidation sites excluding steroid dienone is 2. The van der Waals surface area contributed by atoms with Gasteiger partial charge in [-0.1, -0.05) is 6.08 Å². The summed E-state index contributed by atoms with van der Waals surface area (Å²) in [5.74, 6) is -0.0655. The van der Waals surface area contributed by atoms with Crippen molar-refractivity contribution in [3.05, 3.63) is 70.1 Å². The lowest BCUT2D eigenvalue weighted by atomic mass is 9.99. The van der Waals surface area contributed by atoms with Crippen molar-refractivity contribution < 1.29 is 9.90 Å². The van der Waals surface area contributed by atoms with Gasteiger partial charge in [-0.25, -0.2) is 0 Å². The Bertz CT molecular complexity index is 901. The number of benzene rings is 1. The van der Waals surface area contributed by atoms with Crippen molar-refractivity contribution in [1.82, 2.24) is 4.57 Å². The molecule has 2 rings (SSSR count). The van der Waals surface area contributed by atoms with Crippen LogP contribution in [-0.4, -0.2) is 15.5 Å². The molecule has 1 heterocycles. The minimum Gasteiger partial charge on any atom is -0.507 e. The maximum atomic E-state index is 12.8. The Labute approximate surface area is 148 Å². The number of Topliss-reactive ketones (excluding diaryl/α,β-unsaturated/α-hetero) is 1. The monoisotopic (exact) mass is 334 g/mol. The highest BCUT2D eigenvalue weighted by atomic mass is 16.3. The molecule has 128 valence electrons. The number of aromatic nitrogens is 1. The Morgan fingerprint density at radius 1 is 1.24 bits per heavy atom. The van der Waals surface area contributed by atoms with Crippen molar-refractivity contribution in [3.8, 4) is 11.8 Å². The number of nitriles is 1. The third kappa shape index (κ3) is 3.56. The number of aromatic hydroxyl groups is 1. The largest absolute Gasteiger partial charge is 0.507 e. The molecule has 0 saturated carbocycles. The van der Waals surface area contributed by atoms with Gasteiger partial charge < -0.3 is 9.67 Å². The highest BCUT2D eigenvalue weighted by molar-refractivity contribution is 6.14. The smallest absolute Gasteiger partial charge is 0.205 e. The molecule has 0 saturated heterocycles. The van der Waals surface area contributed by atoms with Gasteiger partial charge in [0, 0.05) is 23.5 Å². The van der Waals surface area contributed by atoms with Crippen molar-refractivity contribution in [3.63, 3.8) is 0 Å². The predicted molar refractivity (Wildman–Crippen MR) is 99.6 cm³/mol. The van der Waals surface area contributed by atoms with Crippen LogP contribution >= 0.6 is 0 Å². The molecule has 0 aliphatic rings. The maximum Gasteiger partial charge on any atom is 0.205 e. The van der Waals surface area contributed by atoms with Gasteiger partial charge in [-0.3, -0.25) is 4.79 Å². The second-order valence-electron chi connectivity index (χ2n) is 6.19. The fourth-order valence-electron chi connectivity index (χ4n) is 2.97.